The van der Waals surface area contributed by atoms with Gasteiger partial charge in [0.25, 0.3) is 0 Å². The fourth-order valence-corrected chi connectivity index (χ4v) is 4.77. The third kappa shape index (κ3) is 2.28. The summed E-state index contributed by atoms with van der Waals surface area (Å²) in [5.74, 6) is 1.12. The predicted octanol–water partition coefficient (Wildman–Crippen LogP) is 3.44. The molecule has 0 aromatic rings. The van der Waals surface area contributed by atoms with Crippen molar-refractivity contribution in [2.45, 2.75) is 95.8 Å². The molecule has 1 heterocycles. The van der Waals surface area contributed by atoms with Gasteiger partial charge in [-0.2, -0.15) is 0 Å². The van der Waals surface area contributed by atoms with Gasteiger partial charge in [-0.05, 0) is 44.9 Å². The van der Waals surface area contributed by atoms with Crippen molar-refractivity contribution < 1.29 is 4.79 Å². The molecule has 20 heavy (non-hydrogen) atoms. The Bertz CT molecular complexity index is 356. The quantitative estimate of drug-likeness (QED) is 0.854. The van der Waals surface area contributed by atoms with Crippen molar-refractivity contribution in [3.05, 3.63) is 0 Å². The molecule has 3 fully saturated rings. The fraction of sp³-hybridized carbons (Fsp3) is 0.941. The molecule has 1 saturated heterocycles. The van der Waals surface area contributed by atoms with Crippen LogP contribution in [-0.2, 0) is 4.79 Å². The molecule has 0 aromatic carbocycles. The summed E-state index contributed by atoms with van der Waals surface area (Å²) < 4.78 is 0. The van der Waals surface area contributed by atoms with Gasteiger partial charge in [-0.1, -0.05) is 39.0 Å². The molecule has 2 saturated carbocycles. The van der Waals surface area contributed by atoms with E-state index >= 15 is 0 Å². The van der Waals surface area contributed by atoms with Crippen molar-refractivity contribution in [2.75, 3.05) is 0 Å². The van der Waals surface area contributed by atoms with E-state index in [9.17, 15) is 4.79 Å². The summed E-state index contributed by atoms with van der Waals surface area (Å²) in [6.45, 7) is 4.47. The van der Waals surface area contributed by atoms with E-state index in [1.165, 1.54) is 38.5 Å². The molecule has 0 aromatic heterocycles. The second-order valence-corrected chi connectivity index (χ2v) is 7.27. The first kappa shape index (κ1) is 14.4. The van der Waals surface area contributed by atoms with Crippen molar-refractivity contribution in [1.29, 1.82) is 0 Å². The van der Waals surface area contributed by atoms with E-state index in [0.29, 0.717) is 24.0 Å². The van der Waals surface area contributed by atoms with Gasteiger partial charge in [-0.15, -0.1) is 0 Å². The maximum absolute atomic E-state index is 13.1. The molecule has 1 spiro atoms. The molecule has 3 heteroatoms. The first-order valence-corrected chi connectivity index (χ1v) is 8.78. The summed E-state index contributed by atoms with van der Waals surface area (Å²) in [4.78, 5) is 15.3. The van der Waals surface area contributed by atoms with Crippen LogP contribution < -0.4 is 5.32 Å². The first-order valence-electron chi connectivity index (χ1n) is 8.78. The molecular weight excluding hydrogens is 248 g/mol. The highest BCUT2D eigenvalue weighted by atomic mass is 16.2. The Kier molecular flexibility index (Phi) is 4.07. The van der Waals surface area contributed by atoms with Gasteiger partial charge in [0.2, 0.25) is 5.91 Å². The molecular formula is C17H30N2O. The van der Waals surface area contributed by atoms with Crippen LogP contribution in [0.15, 0.2) is 0 Å². The fourth-order valence-electron chi connectivity index (χ4n) is 4.77. The largest absolute Gasteiger partial charge is 0.323 e. The number of nitrogens with zero attached hydrogens (tertiary/aromatic N) is 1. The lowest BCUT2D eigenvalue weighted by Crippen LogP contribution is -2.47. The number of carbonyl (C=O) groups excluding carboxylic acids is 1. The Labute approximate surface area is 123 Å². The Morgan fingerprint density at radius 3 is 2.50 bits per heavy atom. The van der Waals surface area contributed by atoms with Crippen LogP contribution in [0.25, 0.3) is 0 Å². The van der Waals surface area contributed by atoms with Crippen molar-refractivity contribution in [3.63, 3.8) is 0 Å². The Hall–Kier alpha value is -0.570. The van der Waals surface area contributed by atoms with Crippen molar-refractivity contribution in [1.82, 2.24) is 10.2 Å². The molecule has 0 radical (unpaired) electrons. The first-order chi connectivity index (χ1) is 9.68. The van der Waals surface area contributed by atoms with E-state index in [1.54, 1.807) is 0 Å². The monoisotopic (exact) mass is 278 g/mol. The van der Waals surface area contributed by atoms with Crippen molar-refractivity contribution in [3.8, 4) is 0 Å². The molecule has 2 atom stereocenters. The zero-order valence-electron chi connectivity index (χ0n) is 13.2. The molecule has 3 rings (SSSR count). The van der Waals surface area contributed by atoms with Crippen LogP contribution >= 0.6 is 0 Å². The highest BCUT2D eigenvalue weighted by molar-refractivity contribution is 5.89. The summed E-state index contributed by atoms with van der Waals surface area (Å²) in [6, 6.07) is 0.394. The number of rotatable bonds is 4. The molecule has 1 amide bonds. The second kappa shape index (κ2) is 5.67. The molecule has 1 N–H and O–H groups in total. The molecule has 3 aliphatic rings. The topological polar surface area (TPSA) is 32.3 Å². The van der Waals surface area contributed by atoms with Crippen molar-refractivity contribution in [2.24, 2.45) is 5.92 Å². The van der Waals surface area contributed by atoms with Crippen LogP contribution in [-0.4, -0.2) is 28.6 Å². The maximum atomic E-state index is 13.1. The van der Waals surface area contributed by atoms with E-state index in [0.717, 1.165) is 25.7 Å². The zero-order valence-corrected chi connectivity index (χ0v) is 13.2. The number of amides is 1. The zero-order chi connectivity index (χ0) is 14.2. The van der Waals surface area contributed by atoms with Crippen molar-refractivity contribution >= 4 is 5.91 Å². The number of hydrogen-bond donors (Lipinski definition) is 1. The van der Waals surface area contributed by atoms with E-state index in [1.807, 2.05) is 0 Å². The molecule has 2 aliphatic carbocycles. The van der Waals surface area contributed by atoms with Gasteiger partial charge < -0.3 is 4.90 Å². The van der Waals surface area contributed by atoms with Crippen LogP contribution in [0.2, 0.25) is 0 Å². The minimum Gasteiger partial charge on any atom is -0.323 e. The minimum atomic E-state index is -0.185. The summed E-state index contributed by atoms with van der Waals surface area (Å²) in [6.07, 6.45) is 12.5. The normalized spacial score (nSPS) is 31.6. The van der Waals surface area contributed by atoms with Crippen LogP contribution in [0.3, 0.4) is 0 Å². The van der Waals surface area contributed by atoms with E-state index in [-0.39, 0.29) is 5.54 Å². The van der Waals surface area contributed by atoms with Crippen LogP contribution in [0.5, 0.6) is 0 Å². The van der Waals surface area contributed by atoms with Gasteiger partial charge in [0.05, 0.1) is 11.7 Å². The predicted molar refractivity (Wildman–Crippen MR) is 81.3 cm³/mol. The van der Waals surface area contributed by atoms with E-state index < -0.39 is 0 Å². The second-order valence-electron chi connectivity index (χ2n) is 7.27. The third-order valence-electron chi connectivity index (χ3n) is 5.85. The summed E-state index contributed by atoms with van der Waals surface area (Å²) in [7, 11) is 0. The Morgan fingerprint density at radius 2 is 1.90 bits per heavy atom. The van der Waals surface area contributed by atoms with Gasteiger partial charge in [-0.25, -0.2) is 0 Å². The molecule has 114 valence electrons. The van der Waals surface area contributed by atoms with Crippen LogP contribution in [0.1, 0.15) is 78.1 Å². The van der Waals surface area contributed by atoms with Gasteiger partial charge in [0.15, 0.2) is 0 Å². The van der Waals surface area contributed by atoms with Crippen LogP contribution in [0.4, 0.5) is 0 Å². The molecule has 2 unspecified atom stereocenters. The highest BCUT2D eigenvalue weighted by Gasteiger charge is 2.54. The average molecular weight is 278 g/mol. The average Bonchev–Trinajstić information content (AvgIpc) is 3.14. The standard InChI is InChI=1S/C17H30N2O/c1-3-8-13(2)19-15(14-9-4-5-10-14)18-17(16(19)20)11-6-7-12-17/h13-15,18H,3-12H2,1-2H3. The summed E-state index contributed by atoms with van der Waals surface area (Å²) >= 11 is 0. The Morgan fingerprint density at radius 1 is 1.25 bits per heavy atom. The number of carbonyl (C=O) groups is 1. The van der Waals surface area contributed by atoms with Gasteiger partial charge >= 0.3 is 0 Å². The lowest BCUT2D eigenvalue weighted by atomic mass is 9.97. The molecule has 0 bridgehead atoms. The Balaban J connectivity index is 1.83. The van der Waals surface area contributed by atoms with Gasteiger partial charge in [-0.3, -0.25) is 10.1 Å². The third-order valence-corrected chi connectivity index (χ3v) is 5.85. The smallest absolute Gasteiger partial charge is 0.244 e. The number of hydrogen-bond acceptors (Lipinski definition) is 2. The SMILES string of the molecule is CCCC(C)N1C(=O)C2(CCCC2)NC1C1CCCC1. The lowest BCUT2D eigenvalue weighted by Gasteiger charge is -2.33. The molecule has 3 nitrogen and oxygen atoms in total. The van der Waals surface area contributed by atoms with Gasteiger partial charge in [0.1, 0.15) is 0 Å². The summed E-state index contributed by atoms with van der Waals surface area (Å²) in [5, 5.41) is 3.82. The molecule has 1 aliphatic heterocycles. The van der Waals surface area contributed by atoms with Crippen LogP contribution in [0, 0.1) is 5.92 Å². The highest BCUT2D eigenvalue weighted by Crippen LogP contribution is 2.42. The minimum absolute atomic E-state index is 0.185. The number of nitrogens with one attached hydrogen (secondary N) is 1. The van der Waals surface area contributed by atoms with Gasteiger partial charge in [0, 0.05) is 6.04 Å². The lowest BCUT2D eigenvalue weighted by molar-refractivity contribution is -0.135. The maximum Gasteiger partial charge on any atom is 0.244 e. The van der Waals surface area contributed by atoms with E-state index in [2.05, 4.69) is 24.1 Å². The van der Waals surface area contributed by atoms with E-state index in [4.69, 9.17) is 0 Å². The summed E-state index contributed by atoms with van der Waals surface area (Å²) in [5.41, 5.74) is -0.185.